The van der Waals surface area contributed by atoms with Crippen LogP contribution in [0.5, 0.6) is 0 Å². The maximum absolute atomic E-state index is 12.2. The van der Waals surface area contributed by atoms with Crippen molar-refractivity contribution < 1.29 is 22.8 Å². The largest absolute Gasteiger partial charge is 0.405 e. The molecule has 0 radical (unpaired) electrons. The highest BCUT2D eigenvalue weighted by molar-refractivity contribution is 6.04. The molecule has 0 unspecified atom stereocenters. The topological polar surface area (TPSA) is 58.2 Å². The Hall–Kier alpha value is -2.05. The molecule has 0 aliphatic heterocycles. The fourth-order valence-electron chi connectivity index (χ4n) is 2.49. The van der Waals surface area contributed by atoms with Crippen molar-refractivity contribution in [2.75, 3.05) is 11.9 Å². The van der Waals surface area contributed by atoms with Crippen molar-refractivity contribution in [1.82, 2.24) is 5.32 Å². The van der Waals surface area contributed by atoms with Crippen molar-refractivity contribution in [3.05, 3.63) is 29.8 Å². The van der Waals surface area contributed by atoms with E-state index < -0.39 is 18.6 Å². The Labute approximate surface area is 126 Å². The molecular formula is C15H17F3N2O2. The van der Waals surface area contributed by atoms with Crippen molar-refractivity contribution in [1.29, 1.82) is 0 Å². The van der Waals surface area contributed by atoms with Crippen LogP contribution in [0.3, 0.4) is 0 Å². The number of carbonyl (C=O) groups is 2. The van der Waals surface area contributed by atoms with Crippen LogP contribution in [0.25, 0.3) is 0 Å². The fourth-order valence-corrected chi connectivity index (χ4v) is 2.49. The molecule has 1 aromatic rings. The third kappa shape index (κ3) is 4.47. The summed E-state index contributed by atoms with van der Waals surface area (Å²) in [4.78, 5) is 23.9. The van der Waals surface area contributed by atoms with Crippen LogP contribution in [0.15, 0.2) is 24.3 Å². The first-order valence-electron chi connectivity index (χ1n) is 7.11. The van der Waals surface area contributed by atoms with Crippen molar-refractivity contribution in [3.63, 3.8) is 0 Å². The number of anilines is 1. The van der Waals surface area contributed by atoms with E-state index in [0.717, 1.165) is 25.7 Å². The van der Waals surface area contributed by atoms with Crippen LogP contribution in [0.1, 0.15) is 36.0 Å². The first kappa shape index (κ1) is 16.3. The highest BCUT2D eigenvalue weighted by Gasteiger charge is 2.29. The van der Waals surface area contributed by atoms with Gasteiger partial charge in [-0.1, -0.05) is 25.0 Å². The number of para-hydroxylation sites is 1. The number of amides is 2. The van der Waals surface area contributed by atoms with E-state index in [0.29, 0.717) is 0 Å². The van der Waals surface area contributed by atoms with Crippen LogP contribution >= 0.6 is 0 Å². The summed E-state index contributed by atoms with van der Waals surface area (Å²) in [6.45, 7) is -1.41. The zero-order valence-electron chi connectivity index (χ0n) is 11.9. The fraction of sp³-hybridized carbons (Fsp3) is 0.467. The van der Waals surface area contributed by atoms with E-state index >= 15 is 0 Å². The van der Waals surface area contributed by atoms with E-state index in [1.165, 1.54) is 18.2 Å². The zero-order valence-corrected chi connectivity index (χ0v) is 11.9. The minimum atomic E-state index is -4.47. The molecule has 2 N–H and O–H groups in total. The molecule has 0 saturated heterocycles. The lowest BCUT2D eigenvalue weighted by atomic mass is 10.1. The maximum Gasteiger partial charge on any atom is 0.405 e. The highest BCUT2D eigenvalue weighted by Crippen LogP contribution is 2.26. The Kier molecular flexibility index (Phi) is 5.05. The Balaban J connectivity index is 2.05. The summed E-state index contributed by atoms with van der Waals surface area (Å²) >= 11 is 0. The highest BCUT2D eigenvalue weighted by atomic mass is 19.4. The normalized spacial score (nSPS) is 15.6. The van der Waals surface area contributed by atoms with E-state index in [9.17, 15) is 22.8 Å². The van der Waals surface area contributed by atoms with Crippen molar-refractivity contribution in [3.8, 4) is 0 Å². The Bertz CT molecular complexity index is 552. The van der Waals surface area contributed by atoms with Gasteiger partial charge < -0.3 is 10.6 Å². The maximum atomic E-state index is 12.2. The summed E-state index contributed by atoms with van der Waals surface area (Å²) in [5.41, 5.74) is 0.261. The van der Waals surface area contributed by atoms with Gasteiger partial charge in [0.25, 0.3) is 5.91 Å². The van der Waals surface area contributed by atoms with Gasteiger partial charge in [-0.05, 0) is 25.0 Å². The third-order valence-electron chi connectivity index (χ3n) is 3.60. The van der Waals surface area contributed by atoms with Crippen LogP contribution in [0, 0.1) is 5.92 Å². The van der Waals surface area contributed by atoms with Crippen LogP contribution in [0.2, 0.25) is 0 Å². The molecule has 2 amide bonds. The number of alkyl halides is 3. The molecule has 0 bridgehead atoms. The van der Waals surface area contributed by atoms with Crippen molar-refractivity contribution in [2.45, 2.75) is 31.9 Å². The molecular weight excluding hydrogens is 297 g/mol. The van der Waals surface area contributed by atoms with Gasteiger partial charge in [-0.15, -0.1) is 0 Å². The molecule has 1 aliphatic carbocycles. The number of halogens is 3. The van der Waals surface area contributed by atoms with Crippen LogP contribution in [-0.2, 0) is 4.79 Å². The smallest absolute Gasteiger partial charge is 0.343 e. The van der Waals surface area contributed by atoms with Crippen LogP contribution in [0.4, 0.5) is 18.9 Å². The predicted octanol–water partition coefficient (Wildman–Crippen LogP) is 3.11. The standard InChI is InChI=1S/C15H17F3N2O2/c16-15(17,18)9-19-14(22)11-7-3-4-8-12(11)20-13(21)10-5-1-2-6-10/h3-4,7-8,10H,1-2,5-6,9H2,(H,19,22)(H,20,21). The lowest BCUT2D eigenvalue weighted by molar-refractivity contribution is -0.123. The second-order valence-corrected chi connectivity index (χ2v) is 5.31. The first-order valence-corrected chi connectivity index (χ1v) is 7.11. The Morgan fingerprint density at radius 3 is 2.41 bits per heavy atom. The van der Waals surface area contributed by atoms with E-state index in [-0.39, 0.29) is 23.1 Å². The Morgan fingerprint density at radius 1 is 1.14 bits per heavy atom. The molecule has 120 valence electrons. The van der Waals surface area contributed by atoms with Gasteiger partial charge in [0.05, 0.1) is 11.3 Å². The summed E-state index contributed by atoms with van der Waals surface area (Å²) in [6.07, 6.45) is -0.891. The minimum Gasteiger partial charge on any atom is -0.343 e. The van der Waals surface area contributed by atoms with Gasteiger partial charge in [0, 0.05) is 5.92 Å². The molecule has 2 rings (SSSR count). The van der Waals surface area contributed by atoms with Crippen molar-refractivity contribution >= 4 is 17.5 Å². The minimum absolute atomic E-state index is 0.0260. The van der Waals surface area contributed by atoms with Gasteiger partial charge in [-0.3, -0.25) is 9.59 Å². The molecule has 1 aromatic carbocycles. The summed E-state index contributed by atoms with van der Waals surface area (Å²) in [5.74, 6) is -1.14. The summed E-state index contributed by atoms with van der Waals surface area (Å²) in [6, 6.07) is 6.05. The van der Waals surface area contributed by atoms with Crippen LogP contribution in [-0.4, -0.2) is 24.5 Å². The van der Waals surface area contributed by atoms with E-state index in [1.54, 1.807) is 11.4 Å². The average molecular weight is 314 g/mol. The number of benzene rings is 1. The van der Waals surface area contributed by atoms with Crippen molar-refractivity contribution in [2.24, 2.45) is 5.92 Å². The van der Waals surface area contributed by atoms with Gasteiger partial charge >= 0.3 is 6.18 Å². The molecule has 0 atom stereocenters. The number of nitrogens with one attached hydrogen (secondary N) is 2. The second-order valence-electron chi connectivity index (χ2n) is 5.31. The number of carbonyl (C=O) groups excluding carboxylic acids is 2. The number of hydrogen-bond acceptors (Lipinski definition) is 2. The first-order chi connectivity index (χ1) is 10.4. The molecule has 22 heavy (non-hydrogen) atoms. The molecule has 1 fully saturated rings. The molecule has 0 aromatic heterocycles. The van der Waals surface area contributed by atoms with Gasteiger partial charge in [-0.2, -0.15) is 13.2 Å². The van der Waals surface area contributed by atoms with Gasteiger partial charge in [-0.25, -0.2) is 0 Å². The zero-order chi connectivity index (χ0) is 16.2. The molecule has 1 aliphatic rings. The van der Waals surface area contributed by atoms with Gasteiger partial charge in [0.15, 0.2) is 0 Å². The second kappa shape index (κ2) is 6.81. The summed E-state index contributed by atoms with van der Waals surface area (Å²) < 4.78 is 36.5. The Morgan fingerprint density at radius 2 is 1.77 bits per heavy atom. The molecule has 1 saturated carbocycles. The monoisotopic (exact) mass is 314 g/mol. The lowest BCUT2D eigenvalue weighted by Crippen LogP contribution is -2.34. The van der Waals surface area contributed by atoms with Crippen LogP contribution < -0.4 is 10.6 Å². The molecule has 7 heteroatoms. The summed E-state index contributed by atoms with van der Waals surface area (Å²) in [5, 5.41) is 4.46. The average Bonchev–Trinajstić information content (AvgIpc) is 2.99. The quantitative estimate of drug-likeness (QED) is 0.897. The molecule has 0 spiro atoms. The SMILES string of the molecule is O=C(NCC(F)(F)F)c1ccccc1NC(=O)C1CCCC1. The van der Waals surface area contributed by atoms with Gasteiger partial charge in [0.1, 0.15) is 6.54 Å². The van der Waals surface area contributed by atoms with Gasteiger partial charge in [0.2, 0.25) is 5.91 Å². The lowest BCUT2D eigenvalue weighted by Gasteiger charge is -2.14. The summed E-state index contributed by atoms with van der Waals surface area (Å²) in [7, 11) is 0. The van der Waals surface area contributed by atoms with E-state index in [2.05, 4.69) is 5.32 Å². The number of rotatable bonds is 4. The molecule has 4 nitrogen and oxygen atoms in total. The number of hydrogen-bond donors (Lipinski definition) is 2. The predicted molar refractivity (Wildman–Crippen MR) is 75.4 cm³/mol. The third-order valence-corrected chi connectivity index (χ3v) is 3.60. The van der Waals surface area contributed by atoms with E-state index in [4.69, 9.17) is 0 Å². The van der Waals surface area contributed by atoms with E-state index in [1.807, 2.05) is 0 Å². The molecule has 0 heterocycles.